The molecule has 0 amide bonds. The van der Waals surface area contributed by atoms with Gasteiger partial charge in [-0.3, -0.25) is 0 Å². The topological polar surface area (TPSA) is 81.1 Å². The molecule has 1 aromatic heterocycles. The second-order valence-corrected chi connectivity index (χ2v) is 7.07. The zero-order valence-corrected chi connectivity index (χ0v) is 13.5. The van der Waals surface area contributed by atoms with Crippen LogP contribution in [-0.2, 0) is 12.8 Å². The van der Waals surface area contributed by atoms with Gasteiger partial charge in [0.2, 0.25) is 5.95 Å². The Kier molecular flexibility index (Phi) is 3.27. The Bertz CT molecular complexity index is 753. The van der Waals surface area contributed by atoms with Crippen LogP contribution in [0, 0.1) is 0 Å². The van der Waals surface area contributed by atoms with Crippen LogP contribution in [0.4, 0.5) is 11.8 Å². The van der Waals surface area contributed by atoms with Crippen molar-refractivity contribution in [2.24, 2.45) is 5.73 Å². The van der Waals surface area contributed by atoms with Crippen LogP contribution in [0.2, 0.25) is 0 Å². The number of fused-ring (bicyclic) bond motifs is 3. The number of nitrogens with two attached hydrogens (primary N) is 2. The molecular weight excluding hydrogens is 286 g/mol. The Balaban J connectivity index is 1.87. The van der Waals surface area contributed by atoms with E-state index in [9.17, 15) is 0 Å². The molecule has 1 aliphatic heterocycles. The summed E-state index contributed by atoms with van der Waals surface area (Å²) < 4.78 is 0. The minimum atomic E-state index is -0.158. The molecule has 1 saturated heterocycles. The number of rotatable bonds is 1. The Morgan fingerprint density at radius 3 is 2.78 bits per heavy atom. The van der Waals surface area contributed by atoms with Gasteiger partial charge in [-0.2, -0.15) is 4.98 Å². The standard InChI is InChI=1S/C18H23N5/c1-18(20)9-10-23(11-18)16-14-8-4-6-12-5-2-3-7-13(12)15(14)21-17(19)22-16/h2-3,5,7H,4,6,8-11,20H2,1H3,(H2,19,21,22). The van der Waals surface area contributed by atoms with Gasteiger partial charge in [-0.05, 0) is 38.2 Å². The summed E-state index contributed by atoms with van der Waals surface area (Å²) in [7, 11) is 0. The van der Waals surface area contributed by atoms with Crippen molar-refractivity contribution in [1.82, 2.24) is 9.97 Å². The molecule has 0 saturated carbocycles. The summed E-state index contributed by atoms with van der Waals surface area (Å²) >= 11 is 0. The van der Waals surface area contributed by atoms with Gasteiger partial charge in [-0.15, -0.1) is 0 Å². The molecule has 5 heteroatoms. The number of anilines is 2. The Labute approximate surface area is 136 Å². The van der Waals surface area contributed by atoms with Crippen molar-refractivity contribution in [3.05, 3.63) is 35.4 Å². The van der Waals surface area contributed by atoms with E-state index in [4.69, 9.17) is 11.5 Å². The van der Waals surface area contributed by atoms with E-state index in [2.05, 4.69) is 46.1 Å². The fourth-order valence-electron chi connectivity index (χ4n) is 3.79. The molecule has 5 nitrogen and oxygen atoms in total. The van der Waals surface area contributed by atoms with Crippen LogP contribution in [0.15, 0.2) is 24.3 Å². The molecule has 120 valence electrons. The first kappa shape index (κ1) is 14.5. The molecule has 2 heterocycles. The molecule has 2 aromatic rings. The molecule has 1 unspecified atom stereocenters. The fraction of sp³-hybridized carbons (Fsp3) is 0.444. The average molecular weight is 309 g/mol. The number of hydrogen-bond acceptors (Lipinski definition) is 5. The quantitative estimate of drug-likeness (QED) is 0.843. The van der Waals surface area contributed by atoms with E-state index in [1.54, 1.807) is 0 Å². The predicted octanol–water partition coefficient (Wildman–Crippen LogP) is 2.14. The third-order valence-electron chi connectivity index (χ3n) is 4.95. The van der Waals surface area contributed by atoms with E-state index in [1.807, 2.05) is 0 Å². The Hall–Kier alpha value is -2.14. The van der Waals surface area contributed by atoms with Crippen LogP contribution in [0.3, 0.4) is 0 Å². The molecule has 23 heavy (non-hydrogen) atoms. The average Bonchev–Trinajstić information content (AvgIpc) is 2.78. The van der Waals surface area contributed by atoms with Crippen LogP contribution < -0.4 is 16.4 Å². The van der Waals surface area contributed by atoms with Crippen molar-refractivity contribution in [2.45, 2.75) is 38.1 Å². The van der Waals surface area contributed by atoms with Crippen LogP contribution in [0.5, 0.6) is 0 Å². The van der Waals surface area contributed by atoms with E-state index in [0.717, 1.165) is 50.3 Å². The highest BCUT2D eigenvalue weighted by Crippen LogP contribution is 2.37. The summed E-state index contributed by atoms with van der Waals surface area (Å²) in [4.78, 5) is 11.5. The van der Waals surface area contributed by atoms with Crippen molar-refractivity contribution in [2.75, 3.05) is 23.7 Å². The maximum absolute atomic E-state index is 6.31. The Morgan fingerprint density at radius 2 is 2.00 bits per heavy atom. The van der Waals surface area contributed by atoms with E-state index in [0.29, 0.717) is 5.95 Å². The lowest BCUT2D eigenvalue weighted by Crippen LogP contribution is -2.39. The normalized spacial score (nSPS) is 23.3. The highest BCUT2D eigenvalue weighted by Gasteiger charge is 2.33. The summed E-state index contributed by atoms with van der Waals surface area (Å²) in [6, 6.07) is 8.50. The van der Waals surface area contributed by atoms with Crippen LogP contribution in [0.1, 0.15) is 30.9 Å². The van der Waals surface area contributed by atoms with Gasteiger partial charge in [-0.25, -0.2) is 4.98 Å². The number of aromatic nitrogens is 2. The SMILES string of the molecule is CC1(N)CCN(c2nc(N)nc3c2CCCc2ccccc2-3)C1. The second kappa shape index (κ2) is 5.20. The van der Waals surface area contributed by atoms with E-state index >= 15 is 0 Å². The molecule has 4 N–H and O–H groups in total. The highest BCUT2D eigenvalue weighted by atomic mass is 15.3. The number of benzene rings is 1. The monoisotopic (exact) mass is 309 g/mol. The first-order valence-corrected chi connectivity index (χ1v) is 8.32. The maximum Gasteiger partial charge on any atom is 0.222 e. The maximum atomic E-state index is 6.31. The first-order valence-electron chi connectivity index (χ1n) is 8.32. The minimum Gasteiger partial charge on any atom is -0.368 e. The molecule has 0 bridgehead atoms. The largest absolute Gasteiger partial charge is 0.368 e. The zero-order chi connectivity index (χ0) is 16.0. The fourth-order valence-corrected chi connectivity index (χ4v) is 3.79. The summed E-state index contributed by atoms with van der Waals surface area (Å²) in [5, 5.41) is 0. The summed E-state index contributed by atoms with van der Waals surface area (Å²) in [5.41, 5.74) is 17.0. The Morgan fingerprint density at radius 1 is 1.17 bits per heavy atom. The zero-order valence-electron chi connectivity index (χ0n) is 13.5. The van der Waals surface area contributed by atoms with Crippen LogP contribution in [0.25, 0.3) is 11.3 Å². The van der Waals surface area contributed by atoms with Crippen molar-refractivity contribution >= 4 is 11.8 Å². The number of nitrogen functional groups attached to an aromatic ring is 1. The van der Waals surface area contributed by atoms with E-state index in [1.165, 1.54) is 16.7 Å². The molecular formula is C18H23N5. The van der Waals surface area contributed by atoms with Gasteiger partial charge in [0.05, 0.1) is 5.69 Å². The van der Waals surface area contributed by atoms with E-state index < -0.39 is 0 Å². The number of aryl methyl sites for hydroxylation is 1. The predicted molar refractivity (Wildman–Crippen MR) is 93.3 cm³/mol. The van der Waals surface area contributed by atoms with Crippen LogP contribution in [-0.4, -0.2) is 28.6 Å². The smallest absolute Gasteiger partial charge is 0.222 e. The van der Waals surface area contributed by atoms with Gasteiger partial charge in [-0.1, -0.05) is 24.3 Å². The third-order valence-corrected chi connectivity index (χ3v) is 4.95. The molecule has 1 aromatic carbocycles. The molecule has 0 spiro atoms. The third kappa shape index (κ3) is 2.55. The summed E-state index contributed by atoms with van der Waals surface area (Å²) in [6.07, 6.45) is 4.14. The highest BCUT2D eigenvalue weighted by molar-refractivity contribution is 5.74. The summed E-state index contributed by atoms with van der Waals surface area (Å²) in [6.45, 7) is 3.85. The molecule has 1 atom stereocenters. The number of hydrogen-bond donors (Lipinski definition) is 2. The molecule has 1 aliphatic carbocycles. The van der Waals surface area contributed by atoms with Crippen molar-refractivity contribution < 1.29 is 0 Å². The van der Waals surface area contributed by atoms with Gasteiger partial charge < -0.3 is 16.4 Å². The van der Waals surface area contributed by atoms with Crippen molar-refractivity contribution in [1.29, 1.82) is 0 Å². The lowest BCUT2D eigenvalue weighted by atomic mass is 10.0. The van der Waals surface area contributed by atoms with Crippen LogP contribution >= 0.6 is 0 Å². The second-order valence-electron chi connectivity index (χ2n) is 7.07. The van der Waals surface area contributed by atoms with Gasteiger partial charge in [0.15, 0.2) is 0 Å². The minimum absolute atomic E-state index is 0.158. The van der Waals surface area contributed by atoms with E-state index in [-0.39, 0.29) is 5.54 Å². The van der Waals surface area contributed by atoms with Gasteiger partial charge in [0.1, 0.15) is 5.82 Å². The molecule has 1 fully saturated rings. The molecule has 0 radical (unpaired) electrons. The lowest BCUT2D eigenvalue weighted by molar-refractivity contribution is 0.524. The first-order chi connectivity index (χ1) is 11.0. The number of nitrogens with zero attached hydrogens (tertiary/aromatic N) is 3. The summed E-state index contributed by atoms with van der Waals surface area (Å²) in [5.74, 6) is 1.33. The lowest BCUT2D eigenvalue weighted by Gasteiger charge is -2.24. The van der Waals surface area contributed by atoms with Crippen molar-refractivity contribution in [3.63, 3.8) is 0 Å². The van der Waals surface area contributed by atoms with Gasteiger partial charge >= 0.3 is 0 Å². The van der Waals surface area contributed by atoms with Gasteiger partial charge in [0, 0.05) is 29.8 Å². The molecule has 2 aliphatic rings. The van der Waals surface area contributed by atoms with Crippen molar-refractivity contribution in [3.8, 4) is 11.3 Å². The molecule has 4 rings (SSSR count). The van der Waals surface area contributed by atoms with Gasteiger partial charge in [0.25, 0.3) is 0 Å².